The van der Waals surface area contributed by atoms with Crippen molar-refractivity contribution in [2.75, 3.05) is 17.7 Å². The molecular weight excluding hydrogens is 276 g/mol. The molecule has 2 aromatic carbocycles. The van der Waals surface area contributed by atoms with Crippen LogP contribution in [0.1, 0.15) is 30.9 Å². The molecule has 0 heterocycles. The highest BCUT2D eigenvalue weighted by molar-refractivity contribution is 6.01. The minimum atomic E-state index is -0.282. The molecule has 4 nitrogen and oxygen atoms in total. The number of rotatable bonds is 4. The zero-order chi connectivity index (χ0) is 16.1. The van der Waals surface area contributed by atoms with Gasteiger partial charge < -0.3 is 15.4 Å². The van der Waals surface area contributed by atoms with E-state index in [1.54, 1.807) is 7.11 Å². The molecule has 2 amide bonds. The van der Waals surface area contributed by atoms with Crippen molar-refractivity contribution < 1.29 is 9.53 Å². The third-order valence-electron chi connectivity index (χ3n) is 3.44. The minimum Gasteiger partial charge on any atom is -0.495 e. The molecule has 22 heavy (non-hydrogen) atoms. The highest BCUT2D eigenvalue weighted by Gasteiger charge is 2.11. The van der Waals surface area contributed by atoms with Crippen LogP contribution in [0.15, 0.2) is 42.5 Å². The molecule has 0 aliphatic carbocycles. The molecule has 2 rings (SSSR count). The zero-order valence-corrected chi connectivity index (χ0v) is 13.4. The van der Waals surface area contributed by atoms with Crippen LogP contribution in [0.2, 0.25) is 0 Å². The number of carbonyl (C=O) groups excluding carboxylic acids is 1. The van der Waals surface area contributed by atoms with Gasteiger partial charge in [-0.05, 0) is 42.2 Å². The summed E-state index contributed by atoms with van der Waals surface area (Å²) in [7, 11) is 1.59. The Labute approximate surface area is 131 Å². The average Bonchev–Trinajstić information content (AvgIpc) is 2.49. The van der Waals surface area contributed by atoms with Crippen molar-refractivity contribution in [1.29, 1.82) is 0 Å². The highest BCUT2D eigenvalue weighted by atomic mass is 16.5. The number of hydrogen-bond donors (Lipinski definition) is 2. The van der Waals surface area contributed by atoms with Crippen molar-refractivity contribution in [1.82, 2.24) is 0 Å². The summed E-state index contributed by atoms with van der Waals surface area (Å²) in [5, 5.41) is 5.73. The number of para-hydroxylation sites is 1. The van der Waals surface area contributed by atoms with E-state index in [4.69, 9.17) is 4.74 Å². The Morgan fingerprint density at radius 2 is 1.73 bits per heavy atom. The van der Waals surface area contributed by atoms with Crippen LogP contribution in [0.5, 0.6) is 5.75 Å². The first-order chi connectivity index (χ1) is 10.5. The van der Waals surface area contributed by atoms with E-state index in [2.05, 4.69) is 24.5 Å². The second kappa shape index (κ2) is 6.98. The second-order valence-corrected chi connectivity index (χ2v) is 5.52. The molecule has 0 saturated carbocycles. The second-order valence-electron chi connectivity index (χ2n) is 5.52. The molecule has 116 valence electrons. The summed E-state index contributed by atoms with van der Waals surface area (Å²) < 4.78 is 5.30. The van der Waals surface area contributed by atoms with Crippen LogP contribution in [0.3, 0.4) is 0 Å². The van der Waals surface area contributed by atoms with Gasteiger partial charge in [-0.15, -0.1) is 0 Å². The van der Waals surface area contributed by atoms with Gasteiger partial charge >= 0.3 is 6.03 Å². The Balaban J connectivity index is 2.14. The van der Waals surface area contributed by atoms with Gasteiger partial charge in [-0.3, -0.25) is 0 Å². The number of hydrogen-bond acceptors (Lipinski definition) is 2. The number of methoxy groups -OCH3 is 1. The third kappa shape index (κ3) is 3.79. The summed E-state index contributed by atoms with van der Waals surface area (Å²) >= 11 is 0. The van der Waals surface area contributed by atoms with Crippen molar-refractivity contribution in [2.24, 2.45) is 0 Å². The number of urea groups is 1. The van der Waals surface area contributed by atoms with Crippen LogP contribution in [0, 0.1) is 6.92 Å². The molecule has 0 aliphatic rings. The van der Waals surface area contributed by atoms with Crippen molar-refractivity contribution in [3.05, 3.63) is 53.6 Å². The number of nitrogens with one attached hydrogen (secondary N) is 2. The minimum absolute atomic E-state index is 0.282. The Kier molecular flexibility index (Phi) is 5.04. The van der Waals surface area contributed by atoms with Crippen LogP contribution >= 0.6 is 0 Å². The van der Waals surface area contributed by atoms with Gasteiger partial charge in [0.05, 0.1) is 12.8 Å². The smallest absolute Gasteiger partial charge is 0.323 e. The van der Waals surface area contributed by atoms with Crippen molar-refractivity contribution in [2.45, 2.75) is 26.7 Å². The lowest BCUT2D eigenvalue weighted by Crippen LogP contribution is -2.20. The van der Waals surface area contributed by atoms with Crippen LogP contribution in [0.4, 0.5) is 16.2 Å². The fraction of sp³-hybridized carbons (Fsp3) is 0.278. The molecule has 0 fully saturated rings. The lowest BCUT2D eigenvalue weighted by Gasteiger charge is -2.15. The van der Waals surface area contributed by atoms with E-state index in [0.717, 1.165) is 16.8 Å². The normalized spacial score (nSPS) is 10.4. The van der Waals surface area contributed by atoms with Gasteiger partial charge in [0.15, 0.2) is 0 Å². The number of carbonyl (C=O) groups is 1. The maximum atomic E-state index is 12.2. The molecule has 0 unspecified atom stereocenters. The quantitative estimate of drug-likeness (QED) is 0.854. The molecule has 0 aliphatic heterocycles. The Bertz CT molecular complexity index is 666. The molecular formula is C18H22N2O2. The largest absolute Gasteiger partial charge is 0.495 e. The Morgan fingerprint density at radius 1 is 1.05 bits per heavy atom. The summed E-state index contributed by atoms with van der Waals surface area (Å²) in [4.78, 5) is 12.2. The maximum absolute atomic E-state index is 12.2. The summed E-state index contributed by atoms with van der Waals surface area (Å²) in [5.74, 6) is 0.984. The number of anilines is 2. The molecule has 2 N–H and O–H groups in total. The summed E-state index contributed by atoms with van der Waals surface area (Å²) in [5.41, 5.74) is 3.65. The van der Waals surface area contributed by atoms with Crippen LogP contribution < -0.4 is 15.4 Å². The number of aryl methyl sites for hydroxylation is 1. The molecule has 0 radical (unpaired) electrons. The van der Waals surface area contributed by atoms with E-state index in [9.17, 15) is 4.79 Å². The summed E-state index contributed by atoms with van der Waals surface area (Å²) in [6.45, 7) is 6.17. The monoisotopic (exact) mass is 298 g/mol. The van der Waals surface area contributed by atoms with Crippen molar-refractivity contribution >= 4 is 17.4 Å². The molecule has 0 bridgehead atoms. The molecule has 0 atom stereocenters. The van der Waals surface area contributed by atoms with Gasteiger partial charge in [0.1, 0.15) is 5.75 Å². The lowest BCUT2D eigenvalue weighted by atomic mass is 10.0. The average molecular weight is 298 g/mol. The lowest BCUT2D eigenvalue weighted by molar-refractivity contribution is 0.262. The zero-order valence-electron chi connectivity index (χ0n) is 13.4. The number of benzene rings is 2. The van der Waals surface area contributed by atoms with Gasteiger partial charge in [-0.25, -0.2) is 4.79 Å². The van der Waals surface area contributed by atoms with E-state index in [-0.39, 0.29) is 6.03 Å². The SMILES string of the molecule is COc1cc(C)ccc1NC(=O)Nc1ccccc1C(C)C. The Hall–Kier alpha value is -2.49. The van der Waals surface area contributed by atoms with Gasteiger partial charge in [0, 0.05) is 5.69 Å². The van der Waals surface area contributed by atoms with Crippen LogP contribution in [-0.4, -0.2) is 13.1 Å². The molecule has 0 spiro atoms. The van der Waals surface area contributed by atoms with Crippen molar-refractivity contribution in [3.63, 3.8) is 0 Å². The van der Waals surface area contributed by atoms with Gasteiger partial charge in [0.2, 0.25) is 0 Å². The van der Waals surface area contributed by atoms with Crippen LogP contribution in [0.25, 0.3) is 0 Å². The van der Waals surface area contributed by atoms with Crippen molar-refractivity contribution in [3.8, 4) is 5.75 Å². The first kappa shape index (κ1) is 15.9. The van der Waals surface area contributed by atoms with E-state index in [1.807, 2.05) is 49.4 Å². The van der Waals surface area contributed by atoms with E-state index < -0.39 is 0 Å². The fourth-order valence-electron chi connectivity index (χ4n) is 2.29. The predicted octanol–water partition coefficient (Wildman–Crippen LogP) is 4.77. The van der Waals surface area contributed by atoms with E-state index in [0.29, 0.717) is 17.4 Å². The first-order valence-corrected chi connectivity index (χ1v) is 7.33. The number of amides is 2. The molecule has 4 heteroatoms. The molecule has 0 aromatic heterocycles. The first-order valence-electron chi connectivity index (χ1n) is 7.33. The third-order valence-corrected chi connectivity index (χ3v) is 3.44. The standard InChI is InChI=1S/C18H22N2O2/c1-12(2)14-7-5-6-8-15(14)19-18(21)20-16-10-9-13(3)11-17(16)22-4/h5-12H,1-4H3,(H2,19,20,21). The van der Waals surface area contributed by atoms with Gasteiger partial charge in [-0.1, -0.05) is 38.1 Å². The van der Waals surface area contributed by atoms with Crippen LogP contribution in [-0.2, 0) is 0 Å². The van der Waals surface area contributed by atoms with Gasteiger partial charge in [-0.2, -0.15) is 0 Å². The number of ether oxygens (including phenoxy) is 1. The van der Waals surface area contributed by atoms with E-state index >= 15 is 0 Å². The molecule has 2 aromatic rings. The fourth-order valence-corrected chi connectivity index (χ4v) is 2.29. The van der Waals surface area contributed by atoms with Gasteiger partial charge in [0.25, 0.3) is 0 Å². The summed E-state index contributed by atoms with van der Waals surface area (Å²) in [6.07, 6.45) is 0. The highest BCUT2D eigenvalue weighted by Crippen LogP contribution is 2.27. The Morgan fingerprint density at radius 3 is 2.41 bits per heavy atom. The van der Waals surface area contributed by atoms with E-state index in [1.165, 1.54) is 0 Å². The predicted molar refractivity (Wildman–Crippen MR) is 90.9 cm³/mol. The molecule has 0 saturated heterocycles. The topological polar surface area (TPSA) is 50.4 Å². The summed E-state index contributed by atoms with van der Waals surface area (Å²) in [6, 6.07) is 13.2. The maximum Gasteiger partial charge on any atom is 0.323 e.